The Morgan fingerprint density at radius 1 is 1.05 bits per heavy atom. The summed E-state index contributed by atoms with van der Waals surface area (Å²) < 4.78 is 45.6. The highest BCUT2D eigenvalue weighted by Crippen LogP contribution is 2.38. The number of anilines is 2. The molecule has 0 aromatic heterocycles. The third kappa shape index (κ3) is 7.20. The first-order valence-electron chi connectivity index (χ1n) is 13.2. The summed E-state index contributed by atoms with van der Waals surface area (Å²) in [4.78, 5) is 26.8. The number of piperazine rings is 1. The van der Waals surface area contributed by atoms with E-state index in [-0.39, 0.29) is 35.8 Å². The number of carbonyl (C=O) groups is 1. The van der Waals surface area contributed by atoms with E-state index < -0.39 is 22.4 Å². The topological polar surface area (TPSA) is 88.0 Å². The van der Waals surface area contributed by atoms with Gasteiger partial charge in [-0.15, -0.1) is 0 Å². The van der Waals surface area contributed by atoms with Crippen molar-refractivity contribution < 1.29 is 27.6 Å². The smallest absolute Gasteiger partial charge is 0.382 e. The number of ether oxygens (including phenoxy) is 1. The fraction of sp³-hybridized carbons (Fsp3) is 0.536. The molecular weight excluding hydrogens is 513 g/mol. The lowest BCUT2D eigenvalue weighted by atomic mass is 9.87. The number of alkyl halides is 3. The maximum absolute atomic E-state index is 13.3. The molecule has 1 N–H and O–H groups in total. The van der Waals surface area contributed by atoms with Gasteiger partial charge in [0, 0.05) is 49.7 Å². The lowest BCUT2D eigenvalue weighted by molar-refractivity contribution is -0.388. The van der Waals surface area contributed by atoms with E-state index in [2.05, 4.69) is 55.3 Å². The van der Waals surface area contributed by atoms with E-state index in [9.17, 15) is 28.1 Å². The van der Waals surface area contributed by atoms with Crippen molar-refractivity contribution in [2.24, 2.45) is 0 Å². The van der Waals surface area contributed by atoms with Crippen LogP contribution in [0.2, 0.25) is 0 Å². The van der Waals surface area contributed by atoms with Crippen molar-refractivity contribution in [1.82, 2.24) is 4.90 Å². The summed E-state index contributed by atoms with van der Waals surface area (Å²) in [6.07, 6.45) is -3.16. The Morgan fingerprint density at radius 3 is 2.31 bits per heavy atom. The van der Waals surface area contributed by atoms with Crippen LogP contribution in [0.4, 0.5) is 30.2 Å². The van der Waals surface area contributed by atoms with E-state index in [1.54, 1.807) is 4.90 Å². The Hall–Kier alpha value is -3.34. The molecule has 0 spiro atoms. The van der Waals surface area contributed by atoms with Gasteiger partial charge in [0.15, 0.2) is 0 Å². The van der Waals surface area contributed by atoms with E-state index in [4.69, 9.17) is 4.74 Å². The molecule has 2 aliphatic rings. The third-order valence-corrected chi connectivity index (χ3v) is 7.43. The van der Waals surface area contributed by atoms with E-state index >= 15 is 0 Å². The fourth-order valence-electron chi connectivity index (χ4n) is 5.14. The maximum Gasteiger partial charge on any atom is 0.423 e. The number of benzene rings is 2. The second-order valence-electron chi connectivity index (χ2n) is 11.2. The Morgan fingerprint density at radius 2 is 1.72 bits per heavy atom. The second-order valence-corrected chi connectivity index (χ2v) is 11.2. The summed E-state index contributed by atoms with van der Waals surface area (Å²) >= 11 is 0. The fourth-order valence-corrected chi connectivity index (χ4v) is 5.14. The van der Waals surface area contributed by atoms with Gasteiger partial charge in [-0.2, -0.15) is 13.2 Å². The van der Waals surface area contributed by atoms with Gasteiger partial charge in [0.1, 0.15) is 12.2 Å². The molecule has 0 radical (unpaired) electrons. The van der Waals surface area contributed by atoms with Gasteiger partial charge in [-0.25, -0.2) is 0 Å². The van der Waals surface area contributed by atoms with Crippen LogP contribution in [0.3, 0.4) is 0 Å². The number of hydrogen-bond donors (Lipinski definition) is 1. The van der Waals surface area contributed by atoms with Gasteiger partial charge >= 0.3 is 6.18 Å². The lowest BCUT2D eigenvalue weighted by Crippen LogP contribution is -2.50. The zero-order valence-corrected chi connectivity index (χ0v) is 22.5. The van der Waals surface area contributed by atoms with E-state index in [1.807, 2.05) is 0 Å². The normalized spacial score (nSPS) is 20.3. The number of nitrogens with one attached hydrogen (secondary N) is 1. The van der Waals surface area contributed by atoms with Crippen LogP contribution in [-0.2, 0) is 21.1 Å². The Kier molecular flexibility index (Phi) is 8.39. The molecule has 4 rings (SSSR count). The maximum atomic E-state index is 13.3. The summed E-state index contributed by atoms with van der Waals surface area (Å²) in [7, 11) is 0. The van der Waals surface area contributed by atoms with Gasteiger partial charge < -0.3 is 19.9 Å². The molecule has 2 atom stereocenters. The van der Waals surface area contributed by atoms with Crippen LogP contribution in [0.1, 0.15) is 51.2 Å². The van der Waals surface area contributed by atoms with Crippen LogP contribution in [-0.4, -0.2) is 60.7 Å². The number of nitrogens with zero attached hydrogens (tertiary/aromatic N) is 3. The minimum Gasteiger partial charge on any atom is -0.382 e. The highest BCUT2D eigenvalue weighted by atomic mass is 19.4. The van der Waals surface area contributed by atoms with Crippen molar-refractivity contribution in [2.45, 2.75) is 63.8 Å². The number of nitro benzene ring substituents is 1. The summed E-state index contributed by atoms with van der Waals surface area (Å²) in [6.45, 7) is 9.22. The van der Waals surface area contributed by atoms with Crippen molar-refractivity contribution in [2.75, 3.05) is 43.0 Å². The van der Waals surface area contributed by atoms with Crippen molar-refractivity contribution >= 4 is 23.0 Å². The molecule has 1 heterocycles. The number of amides is 1. The molecule has 212 valence electrons. The van der Waals surface area contributed by atoms with Crippen molar-refractivity contribution in [1.29, 1.82) is 0 Å². The number of hydrogen-bond acceptors (Lipinski definition) is 6. The highest BCUT2D eigenvalue weighted by molar-refractivity contribution is 5.77. The van der Waals surface area contributed by atoms with Crippen molar-refractivity contribution in [3.63, 3.8) is 0 Å². The zero-order valence-electron chi connectivity index (χ0n) is 22.5. The van der Waals surface area contributed by atoms with Gasteiger partial charge in [-0.3, -0.25) is 14.9 Å². The first-order chi connectivity index (χ1) is 18.3. The van der Waals surface area contributed by atoms with Crippen LogP contribution in [0.25, 0.3) is 0 Å². The summed E-state index contributed by atoms with van der Waals surface area (Å²) in [5.74, 6) is -0.0701. The molecule has 2 unspecified atom stereocenters. The van der Waals surface area contributed by atoms with Crippen molar-refractivity contribution in [3.8, 4) is 0 Å². The molecule has 2 fully saturated rings. The number of rotatable bonds is 7. The average Bonchev–Trinajstić information content (AvgIpc) is 3.33. The van der Waals surface area contributed by atoms with E-state index in [0.29, 0.717) is 32.4 Å². The molecule has 39 heavy (non-hydrogen) atoms. The molecule has 1 saturated heterocycles. The molecule has 2 aromatic rings. The van der Waals surface area contributed by atoms with Gasteiger partial charge in [0.05, 0.1) is 11.0 Å². The Labute approximate surface area is 226 Å². The van der Waals surface area contributed by atoms with Crippen LogP contribution in [0.5, 0.6) is 0 Å². The molecule has 0 bridgehead atoms. The SMILES string of the molecule is CC(C)(C)c1ccc(N2CCN(C(=O)COC3CCC(Nc4ccc([N+](=O)[O-])c(C(F)(F)F)c4)C3)CC2)cc1. The molecule has 8 nitrogen and oxygen atoms in total. The molecule has 2 aromatic carbocycles. The van der Waals surface area contributed by atoms with Crippen LogP contribution >= 0.6 is 0 Å². The van der Waals surface area contributed by atoms with Crippen molar-refractivity contribution in [3.05, 3.63) is 63.7 Å². The Balaban J connectivity index is 1.22. The molecule has 1 aliphatic carbocycles. The monoisotopic (exact) mass is 548 g/mol. The van der Waals surface area contributed by atoms with Gasteiger partial charge in [0.2, 0.25) is 5.91 Å². The lowest BCUT2D eigenvalue weighted by Gasteiger charge is -2.36. The number of nitro groups is 1. The van der Waals surface area contributed by atoms with Gasteiger partial charge in [-0.05, 0) is 54.5 Å². The molecule has 1 amide bonds. The molecule has 1 saturated carbocycles. The molecular formula is C28H35F3N4O4. The molecule has 1 aliphatic heterocycles. The second kappa shape index (κ2) is 11.4. The van der Waals surface area contributed by atoms with Gasteiger partial charge in [-0.1, -0.05) is 32.9 Å². The quantitative estimate of drug-likeness (QED) is 0.358. The minimum atomic E-state index is -4.83. The predicted octanol–water partition coefficient (Wildman–Crippen LogP) is 5.61. The first-order valence-corrected chi connectivity index (χ1v) is 13.2. The van der Waals surface area contributed by atoms with Crippen LogP contribution in [0.15, 0.2) is 42.5 Å². The molecule has 11 heteroatoms. The van der Waals surface area contributed by atoms with Gasteiger partial charge in [0.25, 0.3) is 5.69 Å². The van der Waals surface area contributed by atoms with E-state index in [1.165, 1.54) is 11.6 Å². The first kappa shape index (κ1) is 28.7. The minimum absolute atomic E-state index is 0.0343. The highest BCUT2D eigenvalue weighted by Gasteiger charge is 2.38. The summed E-state index contributed by atoms with van der Waals surface area (Å²) in [5.41, 5.74) is 0.432. The number of carbonyl (C=O) groups excluding carboxylic acids is 1. The summed E-state index contributed by atoms with van der Waals surface area (Å²) in [6, 6.07) is 11.3. The van der Waals surface area contributed by atoms with Crippen LogP contribution < -0.4 is 10.2 Å². The summed E-state index contributed by atoms with van der Waals surface area (Å²) in [5, 5.41) is 14.0. The van der Waals surface area contributed by atoms with E-state index in [0.717, 1.165) is 30.9 Å². The number of halogens is 3. The predicted molar refractivity (Wildman–Crippen MR) is 143 cm³/mol. The third-order valence-electron chi connectivity index (χ3n) is 7.43. The largest absolute Gasteiger partial charge is 0.423 e. The van der Waals surface area contributed by atoms with Crippen LogP contribution in [0, 0.1) is 10.1 Å². The standard InChI is InChI=1S/C28H35F3N4O4/c1-27(2,3)19-4-8-22(9-5-19)33-12-14-34(15-13-33)26(36)18-39-23-10-6-20(16-23)32-21-7-11-25(35(37)38)24(17-21)28(29,30)31/h4-5,7-9,11,17,20,23,32H,6,10,12-16,18H2,1-3H3. The Bertz CT molecular complexity index is 1170. The zero-order chi connectivity index (χ0) is 28.4. The average molecular weight is 549 g/mol.